The summed E-state index contributed by atoms with van der Waals surface area (Å²) in [4.78, 5) is 51.9. The van der Waals surface area contributed by atoms with Crippen LogP contribution in [-0.4, -0.2) is 81.0 Å². The van der Waals surface area contributed by atoms with Gasteiger partial charge in [-0.2, -0.15) is 5.10 Å². The van der Waals surface area contributed by atoms with Crippen molar-refractivity contribution in [3.8, 4) is 0 Å². The van der Waals surface area contributed by atoms with Crippen LogP contribution >= 0.6 is 0 Å². The standard InChI is InChI=1S/C21H23N5O3.CH2O2/c27-19-5-2-8-24(19)16-4-1-3-14(11-16)20(28)25-9-6-18-17(25)7-10-26(18)21(29)15-12-22-23-13-15;2-1-3/h1,3-4,11-13,17-18H,2,5-10H2,(H,22,23);1H,(H,2,3)/t17-,18-;/m0./s1. The summed E-state index contributed by atoms with van der Waals surface area (Å²) in [5.41, 5.74) is 1.94. The first kappa shape index (κ1) is 21.5. The SMILES string of the molecule is O=C1CCCN1c1cccc(C(=O)N2CC[C@H]3[C@@H]2CCN3C(=O)c2cn[nH]c2)c1.O=CO. The summed E-state index contributed by atoms with van der Waals surface area (Å²) in [7, 11) is 0. The molecule has 5 rings (SSSR count). The third-order valence-corrected chi connectivity index (χ3v) is 6.32. The van der Waals surface area contributed by atoms with Crippen LogP contribution in [-0.2, 0) is 9.59 Å². The molecule has 3 aliphatic rings. The van der Waals surface area contributed by atoms with Crippen molar-refractivity contribution in [2.75, 3.05) is 24.5 Å². The van der Waals surface area contributed by atoms with Gasteiger partial charge in [0.2, 0.25) is 5.91 Å². The van der Waals surface area contributed by atoms with E-state index in [1.165, 1.54) is 0 Å². The van der Waals surface area contributed by atoms with Crippen molar-refractivity contribution in [1.82, 2.24) is 20.0 Å². The van der Waals surface area contributed by atoms with Crippen molar-refractivity contribution in [3.63, 3.8) is 0 Å². The van der Waals surface area contributed by atoms with Gasteiger partial charge in [0.05, 0.1) is 23.8 Å². The second-order valence-electron chi connectivity index (χ2n) is 8.00. The van der Waals surface area contributed by atoms with Gasteiger partial charge in [-0.15, -0.1) is 0 Å². The molecule has 3 fully saturated rings. The van der Waals surface area contributed by atoms with Crippen LogP contribution < -0.4 is 4.90 Å². The fourth-order valence-corrected chi connectivity index (χ4v) is 4.92. The molecule has 0 spiro atoms. The predicted molar refractivity (Wildman–Crippen MR) is 114 cm³/mol. The molecule has 3 aliphatic heterocycles. The zero-order valence-electron chi connectivity index (χ0n) is 17.5. The highest BCUT2D eigenvalue weighted by Gasteiger charge is 2.46. The highest BCUT2D eigenvalue weighted by Crippen LogP contribution is 2.34. The molecule has 2 aromatic rings. The van der Waals surface area contributed by atoms with Gasteiger partial charge in [0.25, 0.3) is 18.3 Å². The molecule has 2 N–H and O–H groups in total. The van der Waals surface area contributed by atoms with Crippen LogP contribution in [0.1, 0.15) is 46.4 Å². The van der Waals surface area contributed by atoms with E-state index in [-0.39, 0.29) is 36.3 Å². The summed E-state index contributed by atoms with van der Waals surface area (Å²) in [5.74, 6) is 0.0544. The van der Waals surface area contributed by atoms with E-state index >= 15 is 0 Å². The second kappa shape index (κ2) is 9.21. The number of aromatic nitrogens is 2. The molecular weight excluding hydrogens is 414 g/mol. The van der Waals surface area contributed by atoms with Gasteiger partial charge in [0, 0.05) is 43.5 Å². The fraction of sp³-hybridized carbons (Fsp3) is 0.409. The first-order valence-corrected chi connectivity index (χ1v) is 10.6. The molecule has 32 heavy (non-hydrogen) atoms. The van der Waals surface area contributed by atoms with E-state index in [1.807, 2.05) is 34.1 Å². The smallest absolute Gasteiger partial charge is 0.290 e. The third-order valence-electron chi connectivity index (χ3n) is 6.32. The lowest BCUT2D eigenvalue weighted by molar-refractivity contribution is -0.123. The Bertz CT molecular complexity index is 1010. The van der Waals surface area contributed by atoms with Crippen molar-refractivity contribution in [2.24, 2.45) is 0 Å². The van der Waals surface area contributed by atoms with Gasteiger partial charge in [-0.05, 0) is 37.5 Å². The Kier molecular flexibility index (Phi) is 6.20. The molecule has 0 radical (unpaired) electrons. The van der Waals surface area contributed by atoms with E-state index in [0.29, 0.717) is 37.2 Å². The Balaban J connectivity index is 0.000000775. The van der Waals surface area contributed by atoms with E-state index in [9.17, 15) is 14.4 Å². The number of rotatable bonds is 3. The van der Waals surface area contributed by atoms with Gasteiger partial charge >= 0.3 is 0 Å². The lowest BCUT2D eigenvalue weighted by Gasteiger charge is -2.26. The highest BCUT2D eigenvalue weighted by atomic mass is 16.3. The van der Waals surface area contributed by atoms with Crippen molar-refractivity contribution < 1.29 is 24.3 Å². The molecule has 1 aromatic carbocycles. The number of hydrogen-bond acceptors (Lipinski definition) is 5. The number of benzene rings is 1. The average molecular weight is 439 g/mol. The van der Waals surface area contributed by atoms with Crippen LogP contribution in [0.5, 0.6) is 0 Å². The third kappa shape index (κ3) is 3.95. The lowest BCUT2D eigenvalue weighted by atomic mass is 10.1. The number of nitrogens with one attached hydrogen (secondary N) is 1. The molecule has 10 heteroatoms. The first-order chi connectivity index (χ1) is 15.5. The molecule has 10 nitrogen and oxygen atoms in total. The molecule has 168 valence electrons. The van der Waals surface area contributed by atoms with Crippen LogP contribution in [0.3, 0.4) is 0 Å². The minimum absolute atomic E-state index is 0.0244. The Morgan fingerprint density at radius 1 is 1.06 bits per heavy atom. The molecule has 0 saturated carbocycles. The Morgan fingerprint density at radius 3 is 2.28 bits per heavy atom. The predicted octanol–water partition coefficient (Wildman–Crippen LogP) is 1.37. The maximum atomic E-state index is 13.2. The number of carboxylic acid groups (broad SMARTS) is 1. The minimum atomic E-state index is -0.250. The van der Waals surface area contributed by atoms with Crippen molar-refractivity contribution in [1.29, 1.82) is 0 Å². The quantitative estimate of drug-likeness (QED) is 0.696. The van der Waals surface area contributed by atoms with Gasteiger partial charge in [0.1, 0.15) is 0 Å². The largest absolute Gasteiger partial charge is 0.483 e. The number of carbonyl (C=O) groups is 4. The molecular formula is C22H25N5O5. The van der Waals surface area contributed by atoms with Crippen LogP contribution in [0.4, 0.5) is 5.69 Å². The average Bonchev–Trinajstić information content (AvgIpc) is 3.58. The Hall–Kier alpha value is -3.69. The first-order valence-electron chi connectivity index (χ1n) is 10.6. The molecule has 0 aliphatic carbocycles. The number of fused-ring (bicyclic) bond motifs is 1. The second-order valence-corrected chi connectivity index (χ2v) is 8.00. The summed E-state index contributed by atoms with van der Waals surface area (Å²) in [6, 6.07) is 7.43. The van der Waals surface area contributed by atoms with Crippen LogP contribution in [0.2, 0.25) is 0 Å². The van der Waals surface area contributed by atoms with Crippen LogP contribution in [0.25, 0.3) is 0 Å². The molecule has 0 bridgehead atoms. The monoisotopic (exact) mass is 439 g/mol. The molecule has 0 unspecified atom stereocenters. The van der Waals surface area contributed by atoms with Crippen LogP contribution in [0, 0.1) is 0 Å². The van der Waals surface area contributed by atoms with Crippen molar-refractivity contribution in [2.45, 2.75) is 37.8 Å². The summed E-state index contributed by atoms with van der Waals surface area (Å²) >= 11 is 0. The van der Waals surface area contributed by atoms with E-state index in [1.54, 1.807) is 17.3 Å². The summed E-state index contributed by atoms with van der Waals surface area (Å²) < 4.78 is 0. The summed E-state index contributed by atoms with van der Waals surface area (Å²) in [6.45, 7) is 1.73. The van der Waals surface area contributed by atoms with E-state index < -0.39 is 0 Å². The molecule has 4 heterocycles. The molecule has 3 saturated heterocycles. The molecule has 1 aromatic heterocycles. The number of aromatic amines is 1. The number of hydrogen-bond donors (Lipinski definition) is 2. The number of carbonyl (C=O) groups excluding carboxylic acids is 3. The number of likely N-dealkylation sites (tertiary alicyclic amines) is 2. The summed E-state index contributed by atoms with van der Waals surface area (Å²) in [6.07, 6.45) is 6.13. The van der Waals surface area contributed by atoms with Gasteiger partial charge in [-0.25, -0.2) is 0 Å². The Labute approximate surface area is 184 Å². The van der Waals surface area contributed by atoms with E-state index in [2.05, 4.69) is 10.2 Å². The lowest BCUT2D eigenvalue weighted by Crippen LogP contribution is -2.41. The van der Waals surface area contributed by atoms with Crippen LogP contribution in [0.15, 0.2) is 36.7 Å². The number of amides is 3. The highest BCUT2D eigenvalue weighted by molar-refractivity contribution is 5.99. The number of H-pyrrole nitrogens is 1. The maximum absolute atomic E-state index is 13.2. The van der Waals surface area contributed by atoms with Gasteiger partial charge in [-0.3, -0.25) is 24.3 Å². The van der Waals surface area contributed by atoms with E-state index in [0.717, 1.165) is 24.9 Å². The van der Waals surface area contributed by atoms with Crippen molar-refractivity contribution >= 4 is 29.9 Å². The number of anilines is 1. The maximum Gasteiger partial charge on any atom is 0.290 e. The van der Waals surface area contributed by atoms with Gasteiger partial charge < -0.3 is 19.8 Å². The normalized spacial score (nSPS) is 21.9. The molecule has 3 amide bonds. The van der Waals surface area contributed by atoms with Crippen molar-refractivity contribution in [3.05, 3.63) is 47.8 Å². The zero-order valence-corrected chi connectivity index (χ0v) is 17.5. The number of nitrogens with zero attached hydrogens (tertiary/aromatic N) is 4. The topological polar surface area (TPSA) is 127 Å². The van der Waals surface area contributed by atoms with Gasteiger partial charge in [-0.1, -0.05) is 6.07 Å². The summed E-state index contributed by atoms with van der Waals surface area (Å²) in [5, 5.41) is 13.4. The molecule has 2 atom stereocenters. The minimum Gasteiger partial charge on any atom is -0.483 e. The zero-order chi connectivity index (χ0) is 22.7. The fourth-order valence-electron chi connectivity index (χ4n) is 4.92. The van der Waals surface area contributed by atoms with Gasteiger partial charge in [0.15, 0.2) is 0 Å². The Morgan fingerprint density at radius 2 is 1.72 bits per heavy atom. The van der Waals surface area contributed by atoms with E-state index in [4.69, 9.17) is 9.90 Å².